The van der Waals surface area contributed by atoms with Gasteiger partial charge >= 0.3 is 0 Å². The summed E-state index contributed by atoms with van der Waals surface area (Å²) in [7, 11) is 4.03. The molecule has 5 nitrogen and oxygen atoms in total. The molecule has 0 bridgehead atoms. The molecule has 0 unspecified atom stereocenters. The van der Waals surface area contributed by atoms with Crippen LogP contribution < -0.4 is 15.4 Å². The van der Waals surface area contributed by atoms with Gasteiger partial charge in [0, 0.05) is 31.7 Å². The molecule has 0 atom stereocenters. The van der Waals surface area contributed by atoms with Gasteiger partial charge < -0.3 is 20.3 Å². The maximum atomic E-state index is 11.8. The van der Waals surface area contributed by atoms with E-state index in [1.807, 2.05) is 38.4 Å². The van der Waals surface area contributed by atoms with Crippen LogP contribution in [0.1, 0.15) is 5.56 Å². The van der Waals surface area contributed by atoms with Crippen LogP contribution in [0, 0.1) is 5.92 Å². The SMILES string of the molecule is CN(C)CCOc1ccccc1CNC(=O)C1CNC1. The van der Waals surface area contributed by atoms with Gasteiger partial charge in [-0.15, -0.1) is 0 Å². The van der Waals surface area contributed by atoms with Crippen LogP contribution in [0.5, 0.6) is 5.75 Å². The fraction of sp³-hybridized carbons (Fsp3) is 0.533. The lowest BCUT2D eigenvalue weighted by molar-refractivity contribution is -0.126. The Morgan fingerprint density at radius 2 is 2.15 bits per heavy atom. The van der Waals surface area contributed by atoms with Crippen molar-refractivity contribution < 1.29 is 9.53 Å². The third-order valence-corrected chi connectivity index (χ3v) is 3.37. The first-order valence-electron chi connectivity index (χ1n) is 7.00. The zero-order chi connectivity index (χ0) is 14.4. The number of carbonyl (C=O) groups is 1. The van der Waals surface area contributed by atoms with E-state index in [1.165, 1.54) is 0 Å². The zero-order valence-electron chi connectivity index (χ0n) is 12.2. The van der Waals surface area contributed by atoms with Crippen molar-refractivity contribution in [3.8, 4) is 5.75 Å². The fourth-order valence-corrected chi connectivity index (χ4v) is 1.93. The molecule has 1 aromatic carbocycles. The van der Waals surface area contributed by atoms with Gasteiger partial charge in [-0.05, 0) is 20.2 Å². The molecule has 0 aromatic heterocycles. The molecule has 0 radical (unpaired) electrons. The Balaban J connectivity index is 1.84. The normalized spacial score (nSPS) is 14.9. The van der Waals surface area contributed by atoms with Crippen molar-refractivity contribution in [1.82, 2.24) is 15.5 Å². The monoisotopic (exact) mass is 277 g/mol. The average molecular weight is 277 g/mol. The minimum Gasteiger partial charge on any atom is -0.492 e. The number of nitrogens with one attached hydrogen (secondary N) is 2. The third kappa shape index (κ3) is 4.21. The zero-order valence-corrected chi connectivity index (χ0v) is 12.2. The molecule has 1 fully saturated rings. The third-order valence-electron chi connectivity index (χ3n) is 3.37. The molecule has 1 aromatic rings. The number of nitrogens with zero attached hydrogens (tertiary/aromatic N) is 1. The Morgan fingerprint density at radius 3 is 2.80 bits per heavy atom. The quantitative estimate of drug-likeness (QED) is 0.760. The average Bonchev–Trinajstić information content (AvgIpc) is 2.35. The summed E-state index contributed by atoms with van der Waals surface area (Å²) in [5.74, 6) is 1.09. The molecule has 2 rings (SSSR count). The van der Waals surface area contributed by atoms with Crippen LogP contribution in [0.2, 0.25) is 0 Å². The van der Waals surface area contributed by atoms with Gasteiger partial charge in [0.05, 0.1) is 5.92 Å². The number of hydrogen-bond acceptors (Lipinski definition) is 4. The van der Waals surface area contributed by atoms with Crippen LogP contribution in [0.4, 0.5) is 0 Å². The van der Waals surface area contributed by atoms with E-state index in [1.54, 1.807) is 0 Å². The van der Waals surface area contributed by atoms with E-state index in [-0.39, 0.29) is 11.8 Å². The highest BCUT2D eigenvalue weighted by Gasteiger charge is 2.24. The summed E-state index contributed by atoms with van der Waals surface area (Å²) in [5, 5.41) is 6.07. The lowest BCUT2D eigenvalue weighted by atomic mass is 10.0. The molecule has 2 N–H and O–H groups in total. The van der Waals surface area contributed by atoms with Crippen molar-refractivity contribution in [1.29, 1.82) is 0 Å². The van der Waals surface area contributed by atoms with E-state index in [0.29, 0.717) is 13.2 Å². The number of benzene rings is 1. The largest absolute Gasteiger partial charge is 0.492 e. The fourth-order valence-electron chi connectivity index (χ4n) is 1.93. The van der Waals surface area contributed by atoms with Crippen LogP contribution in [-0.2, 0) is 11.3 Å². The summed E-state index contributed by atoms with van der Waals surface area (Å²) in [6.07, 6.45) is 0. The molecule has 0 saturated carbocycles. The second kappa shape index (κ2) is 7.26. The van der Waals surface area contributed by atoms with Crippen molar-refractivity contribution in [2.45, 2.75) is 6.54 Å². The summed E-state index contributed by atoms with van der Waals surface area (Å²) >= 11 is 0. The number of ether oxygens (including phenoxy) is 1. The van der Waals surface area contributed by atoms with Gasteiger partial charge in [-0.1, -0.05) is 18.2 Å². The van der Waals surface area contributed by atoms with E-state index >= 15 is 0 Å². The predicted octanol–water partition coefficient (Wildman–Crippen LogP) is 0.463. The summed E-state index contributed by atoms with van der Waals surface area (Å²) in [6, 6.07) is 7.85. The van der Waals surface area contributed by atoms with Crippen molar-refractivity contribution in [2.75, 3.05) is 40.3 Å². The molecule has 1 amide bonds. The first kappa shape index (κ1) is 14.8. The summed E-state index contributed by atoms with van der Waals surface area (Å²) in [6.45, 7) is 3.60. The number of carbonyl (C=O) groups excluding carboxylic acids is 1. The molecule has 1 aliphatic heterocycles. The Kier molecular flexibility index (Phi) is 5.38. The molecular weight excluding hydrogens is 254 g/mol. The smallest absolute Gasteiger partial charge is 0.225 e. The number of para-hydroxylation sites is 1. The van der Waals surface area contributed by atoms with E-state index in [9.17, 15) is 4.79 Å². The van der Waals surface area contributed by atoms with E-state index in [2.05, 4.69) is 15.5 Å². The Labute approximate surface area is 120 Å². The highest BCUT2D eigenvalue weighted by molar-refractivity contribution is 5.80. The van der Waals surface area contributed by atoms with Crippen molar-refractivity contribution in [2.24, 2.45) is 5.92 Å². The highest BCUT2D eigenvalue weighted by atomic mass is 16.5. The number of rotatable bonds is 7. The van der Waals surface area contributed by atoms with Gasteiger partial charge in [0.1, 0.15) is 12.4 Å². The lowest BCUT2D eigenvalue weighted by Gasteiger charge is -2.26. The van der Waals surface area contributed by atoms with Crippen molar-refractivity contribution in [3.63, 3.8) is 0 Å². The molecule has 1 aliphatic rings. The first-order chi connectivity index (χ1) is 9.66. The predicted molar refractivity (Wildman–Crippen MR) is 78.7 cm³/mol. The molecule has 0 aliphatic carbocycles. The second-order valence-electron chi connectivity index (χ2n) is 5.33. The maximum absolute atomic E-state index is 11.8. The van der Waals surface area contributed by atoms with Crippen LogP contribution in [0.15, 0.2) is 24.3 Å². The van der Waals surface area contributed by atoms with Crippen LogP contribution in [0.3, 0.4) is 0 Å². The topological polar surface area (TPSA) is 53.6 Å². The summed E-state index contributed by atoms with van der Waals surface area (Å²) in [4.78, 5) is 13.9. The molecule has 5 heteroatoms. The number of likely N-dealkylation sites (N-methyl/N-ethyl adjacent to an activating group) is 1. The van der Waals surface area contributed by atoms with Crippen LogP contribution >= 0.6 is 0 Å². The Hall–Kier alpha value is -1.59. The molecule has 20 heavy (non-hydrogen) atoms. The van der Waals surface area contributed by atoms with Gasteiger partial charge in [0.25, 0.3) is 0 Å². The second-order valence-corrected chi connectivity index (χ2v) is 5.33. The lowest BCUT2D eigenvalue weighted by Crippen LogP contribution is -2.50. The maximum Gasteiger partial charge on any atom is 0.225 e. The van der Waals surface area contributed by atoms with Gasteiger partial charge in [0.2, 0.25) is 5.91 Å². The molecule has 0 spiro atoms. The van der Waals surface area contributed by atoms with Gasteiger partial charge in [0.15, 0.2) is 0 Å². The molecule has 110 valence electrons. The number of amides is 1. The Morgan fingerprint density at radius 1 is 1.40 bits per heavy atom. The summed E-state index contributed by atoms with van der Waals surface area (Å²) < 4.78 is 5.78. The first-order valence-corrected chi connectivity index (χ1v) is 7.00. The van der Waals surface area contributed by atoms with Gasteiger partial charge in [-0.25, -0.2) is 0 Å². The summed E-state index contributed by atoms with van der Waals surface area (Å²) in [5.41, 5.74) is 1.02. The number of hydrogen-bond donors (Lipinski definition) is 2. The molecular formula is C15H23N3O2. The minimum atomic E-state index is 0.117. The van der Waals surface area contributed by atoms with Gasteiger partial charge in [-0.3, -0.25) is 4.79 Å². The minimum absolute atomic E-state index is 0.117. The van der Waals surface area contributed by atoms with E-state index < -0.39 is 0 Å². The Bertz CT molecular complexity index is 444. The van der Waals surface area contributed by atoms with Crippen LogP contribution in [0.25, 0.3) is 0 Å². The van der Waals surface area contributed by atoms with Gasteiger partial charge in [-0.2, -0.15) is 0 Å². The molecule has 1 saturated heterocycles. The van der Waals surface area contributed by atoms with Crippen molar-refractivity contribution >= 4 is 5.91 Å². The molecule has 1 heterocycles. The van der Waals surface area contributed by atoms with Crippen molar-refractivity contribution in [3.05, 3.63) is 29.8 Å². The van der Waals surface area contributed by atoms with E-state index in [4.69, 9.17) is 4.74 Å². The standard InChI is InChI=1S/C15H23N3O2/c1-18(2)7-8-20-14-6-4-3-5-12(14)11-17-15(19)13-9-16-10-13/h3-6,13,16H,7-11H2,1-2H3,(H,17,19). The highest BCUT2D eigenvalue weighted by Crippen LogP contribution is 2.18. The van der Waals surface area contributed by atoms with E-state index in [0.717, 1.165) is 30.9 Å². The van der Waals surface area contributed by atoms with Crippen LogP contribution in [-0.4, -0.2) is 51.1 Å².